The van der Waals surface area contributed by atoms with E-state index in [9.17, 15) is 18.4 Å². The zero-order chi connectivity index (χ0) is 25.9. The number of nitrogens with one attached hydrogen (secondary N) is 1. The number of carbonyl (C=O) groups excluding carboxylic acids is 2. The van der Waals surface area contributed by atoms with E-state index < -0.39 is 23.7 Å². The van der Waals surface area contributed by atoms with Crippen LogP contribution in [0.3, 0.4) is 0 Å². The van der Waals surface area contributed by atoms with Crippen molar-refractivity contribution in [3.63, 3.8) is 0 Å². The van der Waals surface area contributed by atoms with Crippen LogP contribution in [0.4, 0.5) is 20.2 Å². The molecular formula is C28H28F2N4O2. The molecule has 1 atom stereocenters. The summed E-state index contributed by atoms with van der Waals surface area (Å²) in [6.45, 7) is 5.10. The van der Waals surface area contributed by atoms with E-state index >= 15 is 0 Å². The van der Waals surface area contributed by atoms with Gasteiger partial charge in [-0.25, -0.2) is 8.78 Å². The second-order valence-corrected chi connectivity index (χ2v) is 8.76. The Morgan fingerprint density at radius 1 is 1.08 bits per heavy atom. The largest absolute Gasteiger partial charge is 0.325 e. The molecule has 1 aliphatic heterocycles. The SMILES string of the molecule is CCCc1cccnc1-c1cccc(N2N=C(C)C(C(=O)Nc3cccc(C(F)(F)CC)c3)C2=O)c1. The zero-order valence-electron chi connectivity index (χ0n) is 20.5. The second kappa shape index (κ2) is 10.4. The minimum atomic E-state index is -3.01. The average molecular weight is 491 g/mol. The summed E-state index contributed by atoms with van der Waals surface area (Å²) in [6, 6.07) is 16.8. The lowest BCUT2D eigenvalue weighted by Gasteiger charge is -2.17. The number of rotatable bonds is 8. The van der Waals surface area contributed by atoms with Crippen LogP contribution in [0, 0.1) is 5.92 Å². The summed E-state index contributed by atoms with van der Waals surface area (Å²) >= 11 is 0. The van der Waals surface area contributed by atoms with E-state index in [1.165, 1.54) is 36.2 Å². The molecule has 0 radical (unpaired) electrons. The summed E-state index contributed by atoms with van der Waals surface area (Å²) in [6.07, 6.45) is 3.23. The highest BCUT2D eigenvalue weighted by Crippen LogP contribution is 2.33. The molecule has 1 unspecified atom stereocenters. The van der Waals surface area contributed by atoms with Crippen LogP contribution >= 0.6 is 0 Å². The third-order valence-corrected chi connectivity index (χ3v) is 6.16. The second-order valence-electron chi connectivity index (χ2n) is 8.76. The average Bonchev–Trinajstić information content (AvgIpc) is 3.18. The number of carbonyl (C=O) groups is 2. The summed E-state index contributed by atoms with van der Waals surface area (Å²) < 4.78 is 28.2. The predicted molar refractivity (Wildman–Crippen MR) is 137 cm³/mol. The van der Waals surface area contributed by atoms with Crippen molar-refractivity contribution in [2.45, 2.75) is 46.0 Å². The third-order valence-electron chi connectivity index (χ3n) is 6.16. The first-order valence-electron chi connectivity index (χ1n) is 12.0. The zero-order valence-corrected chi connectivity index (χ0v) is 20.5. The van der Waals surface area contributed by atoms with Crippen LogP contribution < -0.4 is 10.3 Å². The van der Waals surface area contributed by atoms with Crippen molar-refractivity contribution in [2.24, 2.45) is 11.0 Å². The van der Waals surface area contributed by atoms with E-state index in [1.807, 2.05) is 30.3 Å². The number of hydrogen-bond acceptors (Lipinski definition) is 4. The Bertz CT molecular complexity index is 1320. The Hall–Kier alpha value is -3.94. The maximum Gasteiger partial charge on any atom is 0.273 e. The molecule has 0 fully saturated rings. The minimum Gasteiger partial charge on any atom is -0.325 e. The number of amides is 2. The van der Waals surface area contributed by atoms with Gasteiger partial charge in [0.05, 0.1) is 17.1 Å². The van der Waals surface area contributed by atoms with Gasteiger partial charge in [-0.1, -0.05) is 50.6 Å². The predicted octanol–water partition coefficient (Wildman–Crippen LogP) is 6.18. The van der Waals surface area contributed by atoms with Gasteiger partial charge in [0.2, 0.25) is 5.91 Å². The molecule has 2 amide bonds. The Labute approximate surface area is 209 Å². The highest BCUT2D eigenvalue weighted by molar-refractivity contribution is 6.28. The molecule has 1 N–H and O–H groups in total. The van der Waals surface area contributed by atoms with Crippen LogP contribution in [0.25, 0.3) is 11.3 Å². The van der Waals surface area contributed by atoms with E-state index in [0.29, 0.717) is 11.4 Å². The Morgan fingerprint density at radius 2 is 1.86 bits per heavy atom. The lowest BCUT2D eigenvalue weighted by molar-refractivity contribution is -0.127. The number of alkyl halides is 2. The Morgan fingerprint density at radius 3 is 2.61 bits per heavy atom. The van der Waals surface area contributed by atoms with E-state index in [2.05, 4.69) is 22.3 Å². The summed E-state index contributed by atoms with van der Waals surface area (Å²) in [4.78, 5) is 30.8. The number of pyridine rings is 1. The first-order valence-corrected chi connectivity index (χ1v) is 12.0. The van der Waals surface area contributed by atoms with Crippen molar-refractivity contribution in [2.75, 3.05) is 10.3 Å². The molecule has 8 heteroatoms. The molecule has 2 aromatic carbocycles. The van der Waals surface area contributed by atoms with E-state index in [0.717, 1.165) is 29.7 Å². The fourth-order valence-corrected chi connectivity index (χ4v) is 4.25. The smallest absolute Gasteiger partial charge is 0.273 e. The van der Waals surface area contributed by atoms with Crippen molar-refractivity contribution in [3.8, 4) is 11.3 Å². The van der Waals surface area contributed by atoms with Gasteiger partial charge in [-0.2, -0.15) is 10.1 Å². The molecule has 0 saturated carbocycles. The van der Waals surface area contributed by atoms with Gasteiger partial charge in [-0.15, -0.1) is 0 Å². The van der Waals surface area contributed by atoms with Crippen LogP contribution in [-0.4, -0.2) is 22.5 Å². The standard InChI is InChI=1S/C28H28F2N4O2/c1-4-9-19-11-8-15-31-25(19)20-10-6-14-23(16-20)34-27(36)24(18(3)33-34)26(35)32-22-13-7-12-21(17-22)28(29,30)5-2/h6-8,10-17,24H,4-5,9H2,1-3H3,(H,32,35). The van der Waals surface area contributed by atoms with Crippen molar-refractivity contribution >= 4 is 28.9 Å². The number of anilines is 2. The molecule has 0 aliphatic carbocycles. The molecule has 4 rings (SSSR count). The molecule has 1 aliphatic rings. The number of nitrogens with zero attached hydrogens (tertiary/aromatic N) is 3. The molecule has 6 nitrogen and oxygen atoms in total. The third kappa shape index (κ3) is 5.03. The summed E-state index contributed by atoms with van der Waals surface area (Å²) in [5, 5.41) is 8.16. The molecule has 2 heterocycles. The Kier molecular flexibility index (Phi) is 7.24. The number of halogens is 2. The van der Waals surface area contributed by atoms with Gasteiger partial charge in [-0.05, 0) is 49.2 Å². The van der Waals surface area contributed by atoms with E-state index in [1.54, 1.807) is 19.2 Å². The normalized spacial score (nSPS) is 15.7. The molecule has 186 valence electrons. The van der Waals surface area contributed by atoms with Gasteiger partial charge in [0.15, 0.2) is 5.92 Å². The number of hydrazone groups is 1. The highest BCUT2D eigenvalue weighted by Gasteiger charge is 2.40. The van der Waals surface area contributed by atoms with Crippen LogP contribution in [0.15, 0.2) is 72.0 Å². The van der Waals surface area contributed by atoms with E-state index in [-0.39, 0.29) is 17.7 Å². The number of aryl methyl sites for hydroxylation is 1. The lowest BCUT2D eigenvalue weighted by Crippen LogP contribution is -2.36. The quantitative estimate of drug-likeness (QED) is 0.383. The van der Waals surface area contributed by atoms with Crippen LogP contribution in [-0.2, 0) is 21.9 Å². The molecule has 1 aromatic heterocycles. The van der Waals surface area contributed by atoms with Gasteiger partial charge in [0, 0.05) is 29.4 Å². The maximum atomic E-state index is 14.1. The van der Waals surface area contributed by atoms with E-state index in [4.69, 9.17) is 0 Å². The Balaban J connectivity index is 1.56. The van der Waals surface area contributed by atoms with Crippen molar-refractivity contribution in [1.82, 2.24) is 4.98 Å². The number of benzene rings is 2. The monoisotopic (exact) mass is 490 g/mol. The van der Waals surface area contributed by atoms with Gasteiger partial charge < -0.3 is 5.32 Å². The topological polar surface area (TPSA) is 74.7 Å². The van der Waals surface area contributed by atoms with Gasteiger partial charge in [0.1, 0.15) is 0 Å². The maximum absolute atomic E-state index is 14.1. The van der Waals surface area contributed by atoms with Gasteiger partial charge >= 0.3 is 0 Å². The van der Waals surface area contributed by atoms with Gasteiger partial charge in [-0.3, -0.25) is 14.6 Å². The molecule has 0 saturated heterocycles. The fraction of sp³-hybridized carbons (Fsp3) is 0.286. The number of hydrogen-bond donors (Lipinski definition) is 1. The number of aromatic nitrogens is 1. The first-order chi connectivity index (χ1) is 17.2. The van der Waals surface area contributed by atoms with Crippen molar-refractivity contribution in [3.05, 3.63) is 78.0 Å². The van der Waals surface area contributed by atoms with Gasteiger partial charge in [0.25, 0.3) is 11.8 Å². The highest BCUT2D eigenvalue weighted by atomic mass is 19.3. The first kappa shape index (κ1) is 25.2. The summed E-state index contributed by atoms with van der Waals surface area (Å²) in [5.41, 5.74) is 3.64. The molecule has 0 spiro atoms. The van der Waals surface area contributed by atoms with Crippen molar-refractivity contribution in [1.29, 1.82) is 0 Å². The van der Waals surface area contributed by atoms with Crippen molar-refractivity contribution < 1.29 is 18.4 Å². The fourth-order valence-electron chi connectivity index (χ4n) is 4.25. The van der Waals surface area contributed by atoms with Crippen LogP contribution in [0.2, 0.25) is 0 Å². The summed E-state index contributed by atoms with van der Waals surface area (Å²) in [7, 11) is 0. The minimum absolute atomic E-state index is 0.193. The van der Waals surface area contributed by atoms with Crippen LogP contribution in [0.5, 0.6) is 0 Å². The molecular weight excluding hydrogens is 462 g/mol. The molecule has 36 heavy (non-hydrogen) atoms. The molecule has 3 aromatic rings. The summed E-state index contributed by atoms with van der Waals surface area (Å²) in [5.74, 6) is -5.29. The molecule has 0 bridgehead atoms. The van der Waals surface area contributed by atoms with Crippen LogP contribution in [0.1, 0.15) is 44.7 Å². The lowest BCUT2D eigenvalue weighted by atomic mass is 10.0.